The van der Waals surface area contributed by atoms with Gasteiger partial charge in [0.25, 0.3) is 0 Å². The summed E-state index contributed by atoms with van der Waals surface area (Å²) in [6.45, 7) is 9.00. The largest absolute Gasteiger partial charge is 0.753 e. The van der Waals surface area contributed by atoms with Crippen molar-refractivity contribution < 1.29 is 26.4 Å². The van der Waals surface area contributed by atoms with Crippen molar-refractivity contribution in [2.24, 2.45) is 0 Å². The maximum Gasteiger partial charge on any atom is 0 e. The van der Waals surface area contributed by atoms with E-state index in [0.29, 0.717) is 0 Å². The van der Waals surface area contributed by atoms with Crippen molar-refractivity contribution in [2.45, 2.75) is 0 Å². The maximum atomic E-state index is 7.50. The average molecular weight is 235 g/mol. The predicted octanol–water partition coefficient (Wildman–Crippen LogP) is 1.99. The zero-order valence-corrected chi connectivity index (χ0v) is 8.33. The molecule has 13 heavy (non-hydrogen) atoms. The summed E-state index contributed by atoms with van der Waals surface area (Å²) in [5, 5.41) is 8.47. The average Bonchev–Trinajstić information content (AvgIpc) is 2.69. The molecular weight excluding hydrogens is 230 g/mol. The molecule has 0 aliphatic carbocycles. The Labute approximate surface area is 92.9 Å². The molecule has 0 radical (unpaired) electrons. The molecule has 0 N–H and O–H groups in total. The number of thiocarbonyl (C=S) groups is 1. The van der Waals surface area contributed by atoms with Crippen LogP contribution in [0.25, 0.3) is 5.41 Å². The molecule has 3 nitrogen and oxygen atoms in total. The molecule has 0 aromatic heterocycles. The van der Waals surface area contributed by atoms with Crippen LogP contribution in [0.4, 0.5) is 0 Å². The van der Waals surface area contributed by atoms with Gasteiger partial charge in [-0.1, -0.05) is 12.2 Å². The third-order valence-corrected chi connectivity index (χ3v) is 0.556. The van der Waals surface area contributed by atoms with Crippen molar-refractivity contribution in [1.29, 1.82) is 0 Å². The molecule has 1 aromatic rings. The van der Waals surface area contributed by atoms with Crippen LogP contribution < -0.4 is 0 Å². The molecule has 70 valence electrons. The second-order valence-electron chi connectivity index (χ2n) is 1.05. The number of hydrogen-bond acceptors (Lipinski definition) is 1. The molecule has 0 spiro atoms. The number of nitrogens with zero attached hydrogens (tertiary/aromatic N) is 1. The molecule has 0 atom stereocenters. The zero-order valence-electron chi connectivity index (χ0n) is 6.41. The summed E-state index contributed by atoms with van der Waals surface area (Å²) in [4.78, 5) is 0. The van der Waals surface area contributed by atoms with Crippen LogP contribution in [-0.2, 0) is 26.4 Å². The summed E-state index contributed by atoms with van der Waals surface area (Å²) in [7, 11) is 0. The number of isothiocyanates is 1. The van der Waals surface area contributed by atoms with Gasteiger partial charge in [0.15, 0.2) is 0 Å². The fourth-order valence-electron chi connectivity index (χ4n) is 0.321. The quantitative estimate of drug-likeness (QED) is 0.223. The Morgan fingerprint density at radius 2 is 1.38 bits per heavy atom. The summed E-state index contributed by atoms with van der Waals surface area (Å²) in [6.07, 6.45) is 0. The third kappa shape index (κ3) is 54.2. The minimum atomic E-state index is 0. The molecule has 0 heterocycles. The summed E-state index contributed by atoms with van der Waals surface area (Å²) in [5.74, 6) is 0. The Hall–Kier alpha value is -0.851. The van der Waals surface area contributed by atoms with Gasteiger partial charge in [0, 0.05) is 17.1 Å². The van der Waals surface area contributed by atoms with Gasteiger partial charge >= 0.3 is 22.6 Å². The molecule has 0 amide bonds. The molecule has 5 heteroatoms. The fourth-order valence-corrected chi connectivity index (χ4v) is 0.321. The standard InChI is InChI=1S/C5H5.CNS.2CO.Fe/c1-2-4-5-3-1;2-1-3;2*1-2;/h1-5H;;;;/q2*-1;;;. The molecule has 0 aliphatic heterocycles. The molecule has 0 saturated carbocycles. The van der Waals surface area contributed by atoms with Crippen LogP contribution >= 0.6 is 12.2 Å². The maximum absolute atomic E-state index is 7.50. The van der Waals surface area contributed by atoms with Crippen molar-refractivity contribution >= 4 is 17.4 Å². The van der Waals surface area contributed by atoms with E-state index in [2.05, 4.69) is 25.5 Å². The fraction of sp³-hybridized carbons (Fsp3) is 0. The van der Waals surface area contributed by atoms with Gasteiger partial charge in [0.1, 0.15) is 0 Å². The van der Waals surface area contributed by atoms with Crippen LogP contribution in [0.5, 0.6) is 0 Å². The van der Waals surface area contributed by atoms with Crippen LogP contribution in [0, 0.1) is 13.3 Å². The van der Waals surface area contributed by atoms with E-state index >= 15 is 0 Å². The summed E-state index contributed by atoms with van der Waals surface area (Å²) >= 11 is 3.70. The SMILES string of the molecule is [C-]#[O+].[C-]#[O+].[Fe].[N-]=C=S.c1cc[cH-]c1. The van der Waals surface area contributed by atoms with E-state index in [4.69, 9.17) is 14.7 Å². The van der Waals surface area contributed by atoms with Crippen LogP contribution in [0.3, 0.4) is 0 Å². The van der Waals surface area contributed by atoms with E-state index in [1.807, 2.05) is 30.3 Å². The second kappa shape index (κ2) is 43.3. The van der Waals surface area contributed by atoms with E-state index in [1.165, 1.54) is 5.16 Å². The Balaban J connectivity index is -0.0000000453. The smallest absolute Gasteiger partial charge is 0 e. The zero-order chi connectivity index (χ0) is 10.2. The van der Waals surface area contributed by atoms with E-state index < -0.39 is 0 Å². The van der Waals surface area contributed by atoms with Gasteiger partial charge < -0.3 is 5.41 Å². The van der Waals surface area contributed by atoms with E-state index in [1.54, 1.807) is 0 Å². The first-order chi connectivity index (χ1) is 5.91. The second-order valence-corrected chi connectivity index (χ2v) is 1.24. The molecular formula is C8H5FeNO2S-2. The Morgan fingerprint density at radius 3 is 1.46 bits per heavy atom. The Kier molecular flexibility index (Phi) is 75.8. The van der Waals surface area contributed by atoms with Crippen molar-refractivity contribution in [2.75, 3.05) is 0 Å². The minimum absolute atomic E-state index is 0. The van der Waals surface area contributed by atoms with Crippen molar-refractivity contribution in [3.63, 3.8) is 0 Å². The summed E-state index contributed by atoms with van der Waals surface area (Å²) in [5.41, 5.74) is 0. The van der Waals surface area contributed by atoms with Gasteiger partial charge in [-0.05, 0) is 0 Å². The van der Waals surface area contributed by atoms with E-state index in [-0.39, 0.29) is 17.1 Å². The molecule has 0 aliphatic rings. The van der Waals surface area contributed by atoms with E-state index in [0.717, 1.165) is 0 Å². The third-order valence-electron chi connectivity index (χ3n) is 0.556. The minimum Gasteiger partial charge on any atom is -0.753 e. The van der Waals surface area contributed by atoms with Gasteiger partial charge in [0.2, 0.25) is 0 Å². The first-order valence-corrected chi connectivity index (χ1v) is 2.91. The molecule has 0 bridgehead atoms. The molecule has 0 saturated heterocycles. The molecule has 1 aromatic carbocycles. The van der Waals surface area contributed by atoms with Gasteiger partial charge in [-0.25, -0.2) is 12.1 Å². The first-order valence-electron chi connectivity index (χ1n) is 2.50. The monoisotopic (exact) mass is 235 g/mol. The topological polar surface area (TPSA) is 62.1 Å². The molecule has 0 unspecified atom stereocenters. The van der Waals surface area contributed by atoms with Crippen molar-refractivity contribution in [1.82, 2.24) is 0 Å². The molecule has 0 fully saturated rings. The van der Waals surface area contributed by atoms with Crippen LogP contribution in [0.15, 0.2) is 30.3 Å². The summed E-state index contributed by atoms with van der Waals surface area (Å²) in [6, 6.07) is 10.0. The van der Waals surface area contributed by atoms with Crippen LogP contribution in [0.1, 0.15) is 0 Å². The normalized spacial score (nSPS) is 4.00. The Bertz CT molecular complexity index is 189. The van der Waals surface area contributed by atoms with Gasteiger partial charge in [0.05, 0.1) is 0 Å². The van der Waals surface area contributed by atoms with Crippen molar-refractivity contribution in [3.05, 3.63) is 49.0 Å². The van der Waals surface area contributed by atoms with Crippen molar-refractivity contribution in [3.8, 4) is 0 Å². The van der Waals surface area contributed by atoms with Crippen LogP contribution in [0.2, 0.25) is 0 Å². The number of hydrogen-bond donors (Lipinski definition) is 0. The number of rotatable bonds is 0. The van der Waals surface area contributed by atoms with Gasteiger partial charge in [-0.2, -0.15) is 23.4 Å². The predicted molar refractivity (Wildman–Crippen MR) is 45.9 cm³/mol. The van der Waals surface area contributed by atoms with Gasteiger partial charge in [-0.15, -0.1) is 0 Å². The van der Waals surface area contributed by atoms with E-state index in [9.17, 15) is 0 Å². The summed E-state index contributed by atoms with van der Waals surface area (Å²) < 4.78 is 15.0. The van der Waals surface area contributed by atoms with Gasteiger partial charge in [-0.3, -0.25) is 0 Å². The Morgan fingerprint density at radius 1 is 1.15 bits per heavy atom. The molecule has 1 rings (SSSR count). The first kappa shape index (κ1) is 22.7. The van der Waals surface area contributed by atoms with Crippen LogP contribution in [-0.4, -0.2) is 5.16 Å².